The first kappa shape index (κ1) is 16.4. The molecule has 0 aromatic rings. The van der Waals surface area contributed by atoms with Gasteiger partial charge in [-0.05, 0) is 38.6 Å². The fourth-order valence-corrected chi connectivity index (χ4v) is 3.50. The number of rotatable bonds is 7. The van der Waals surface area contributed by atoms with Gasteiger partial charge in [0.25, 0.3) is 0 Å². The Morgan fingerprint density at radius 2 is 1.79 bits per heavy atom. The second-order valence-corrected chi connectivity index (χ2v) is 7.04. The largest absolute Gasteiger partial charge is 0.354 e. The zero-order valence-corrected chi connectivity index (χ0v) is 12.6. The topological polar surface area (TPSA) is 87.3 Å². The molecule has 1 aliphatic carbocycles. The molecule has 0 radical (unpaired) electrons. The summed E-state index contributed by atoms with van der Waals surface area (Å²) >= 11 is 0. The summed E-state index contributed by atoms with van der Waals surface area (Å²) in [5, 5.41) is 5.44. The first-order valence-electron chi connectivity index (χ1n) is 6.84. The summed E-state index contributed by atoms with van der Waals surface area (Å²) in [5.41, 5.74) is 0. The molecule has 7 heteroatoms. The lowest BCUT2D eigenvalue weighted by atomic mass is 9.88. The normalized spacial score (nSPS) is 24.1. The third-order valence-electron chi connectivity index (χ3n) is 3.38. The molecule has 0 aromatic heterocycles. The number of hydrogen-bond donors (Lipinski definition) is 3. The molecule has 1 fully saturated rings. The van der Waals surface area contributed by atoms with Gasteiger partial charge in [0.2, 0.25) is 15.9 Å². The van der Waals surface area contributed by atoms with Crippen molar-refractivity contribution in [2.45, 2.75) is 38.6 Å². The summed E-state index contributed by atoms with van der Waals surface area (Å²) in [6.45, 7) is 3.24. The van der Waals surface area contributed by atoms with Crippen molar-refractivity contribution < 1.29 is 13.2 Å². The van der Waals surface area contributed by atoms with Crippen LogP contribution in [0.25, 0.3) is 0 Å². The van der Waals surface area contributed by atoms with Crippen LogP contribution in [-0.4, -0.2) is 46.3 Å². The molecular formula is C12H25N3O3S. The van der Waals surface area contributed by atoms with Crippen molar-refractivity contribution in [2.75, 3.05) is 25.9 Å². The van der Waals surface area contributed by atoms with E-state index in [-0.39, 0.29) is 6.04 Å². The maximum Gasteiger partial charge on any atom is 0.236 e. The molecule has 3 N–H and O–H groups in total. The van der Waals surface area contributed by atoms with E-state index >= 15 is 0 Å². The minimum atomic E-state index is -3.52. The quantitative estimate of drug-likeness (QED) is 0.568. The Hall–Kier alpha value is -0.660. The second kappa shape index (κ2) is 7.81. The molecule has 1 rings (SSSR count). The van der Waals surface area contributed by atoms with E-state index in [0.29, 0.717) is 19.0 Å². The Morgan fingerprint density at radius 3 is 2.37 bits per heavy atom. The van der Waals surface area contributed by atoms with Crippen LogP contribution in [-0.2, 0) is 14.8 Å². The fraction of sp³-hybridized carbons (Fsp3) is 0.917. The molecule has 1 saturated carbocycles. The lowest BCUT2D eigenvalue weighted by Crippen LogP contribution is -2.43. The van der Waals surface area contributed by atoms with Crippen LogP contribution in [0.15, 0.2) is 0 Å². The summed E-state index contributed by atoms with van der Waals surface area (Å²) in [7, 11) is -1.75. The van der Waals surface area contributed by atoms with Crippen molar-refractivity contribution in [3.05, 3.63) is 0 Å². The Balaban J connectivity index is 2.33. The fourth-order valence-electron chi connectivity index (χ4n) is 2.22. The molecule has 1 amide bonds. The third-order valence-corrected chi connectivity index (χ3v) is 4.72. The van der Waals surface area contributed by atoms with Crippen LogP contribution in [0.3, 0.4) is 0 Å². The number of nitrogens with one attached hydrogen (secondary N) is 3. The average Bonchev–Trinajstić information content (AvgIpc) is 2.31. The maximum atomic E-state index is 11.8. The first-order valence-corrected chi connectivity index (χ1v) is 8.49. The molecule has 0 aromatic carbocycles. The van der Waals surface area contributed by atoms with E-state index in [9.17, 15) is 13.2 Å². The second-order valence-electron chi connectivity index (χ2n) is 5.29. The Bertz CT molecular complexity index is 376. The van der Waals surface area contributed by atoms with Gasteiger partial charge >= 0.3 is 0 Å². The van der Waals surface area contributed by atoms with Crippen LogP contribution >= 0.6 is 0 Å². The highest BCUT2D eigenvalue weighted by Crippen LogP contribution is 2.23. The number of amides is 1. The summed E-state index contributed by atoms with van der Waals surface area (Å²) in [6, 6.07) is -0.00805. The summed E-state index contributed by atoms with van der Waals surface area (Å²) < 4.78 is 26.3. The number of sulfonamides is 1. The van der Waals surface area contributed by atoms with Gasteiger partial charge in [-0.3, -0.25) is 4.79 Å². The van der Waals surface area contributed by atoms with Gasteiger partial charge in [-0.15, -0.1) is 0 Å². The smallest absolute Gasteiger partial charge is 0.236 e. The van der Waals surface area contributed by atoms with Gasteiger partial charge in [0, 0.05) is 19.1 Å². The summed E-state index contributed by atoms with van der Waals surface area (Å²) in [4.78, 5) is 11.5. The number of carbonyl (C=O) groups excluding carboxylic acids is 1. The van der Waals surface area contributed by atoms with Crippen molar-refractivity contribution in [2.24, 2.45) is 5.92 Å². The standard InChI is InChI=1S/C12H25N3O3S/c1-10-3-5-11(6-4-10)15-19(17,18)9-12(16)14-8-7-13-2/h10-11,13,15H,3-9H2,1-2H3,(H,14,16). The van der Waals surface area contributed by atoms with E-state index in [1.54, 1.807) is 7.05 Å². The first-order chi connectivity index (χ1) is 8.93. The molecule has 0 heterocycles. The van der Waals surface area contributed by atoms with Crippen molar-refractivity contribution in [1.29, 1.82) is 0 Å². The van der Waals surface area contributed by atoms with Gasteiger partial charge in [-0.2, -0.15) is 0 Å². The van der Waals surface area contributed by atoms with Crippen molar-refractivity contribution >= 4 is 15.9 Å². The minimum absolute atomic E-state index is 0.00805. The highest BCUT2D eigenvalue weighted by molar-refractivity contribution is 7.90. The highest BCUT2D eigenvalue weighted by atomic mass is 32.2. The van der Waals surface area contributed by atoms with Gasteiger partial charge in [0.15, 0.2) is 0 Å². The predicted molar refractivity (Wildman–Crippen MR) is 75.3 cm³/mol. The lowest BCUT2D eigenvalue weighted by Gasteiger charge is -2.26. The number of hydrogen-bond acceptors (Lipinski definition) is 4. The van der Waals surface area contributed by atoms with Gasteiger partial charge in [-0.1, -0.05) is 6.92 Å². The molecule has 0 bridgehead atoms. The summed E-state index contributed by atoms with van der Waals surface area (Å²) in [6.07, 6.45) is 3.81. The third kappa shape index (κ3) is 6.89. The van der Waals surface area contributed by atoms with Crippen LogP contribution in [0.5, 0.6) is 0 Å². The van der Waals surface area contributed by atoms with Crippen LogP contribution < -0.4 is 15.4 Å². The highest BCUT2D eigenvalue weighted by Gasteiger charge is 2.24. The van der Waals surface area contributed by atoms with E-state index < -0.39 is 21.7 Å². The zero-order valence-electron chi connectivity index (χ0n) is 11.7. The minimum Gasteiger partial charge on any atom is -0.354 e. The van der Waals surface area contributed by atoms with Crippen molar-refractivity contribution in [1.82, 2.24) is 15.4 Å². The van der Waals surface area contributed by atoms with E-state index in [0.717, 1.165) is 25.7 Å². The maximum absolute atomic E-state index is 11.8. The Morgan fingerprint density at radius 1 is 1.16 bits per heavy atom. The molecule has 0 unspecified atom stereocenters. The summed E-state index contributed by atoms with van der Waals surface area (Å²) in [5.74, 6) is -0.263. The Kier molecular flexibility index (Phi) is 6.74. The van der Waals surface area contributed by atoms with Gasteiger partial charge in [-0.25, -0.2) is 13.1 Å². The monoisotopic (exact) mass is 291 g/mol. The van der Waals surface area contributed by atoms with Crippen molar-refractivity contribution in [3.63, 3.8) is 0 Å². The SMILES string of the molecule is CNCCNC(=O)CS(=O)(=O)NC1CCC(C)CC1. The molecule has 1 aliphatic rings. The van der Waals surface area contributed by atoms with Crippen LogP contribution in [0.2, 0.25) is 0 Å². The van der Waals surface area contributed by atoms with Gasteiger partial charge in [0.05, 0.1) is 0 Å². The number of carbonyl (C=O) groups is 1. The van der Waals surface area contributed by atoms with Crippen LogP contribution in [0.4, 0.5) is 0 Å². The van der Waals surface area contributed by atoms with E-state index in [4.69, 9.17) is 0 Å². The average molecular weight is 291 g/mol. The van der Waals surface area contributed by atoms with E-state index in [2.05, 4.69) is 22.3 Å². The van der Waals surface area contributed by atoms with Crippen LogP contribution in [0, 0.1) is 5.92 Å². The molecule has 19 heavy (non-hydrogen) atoms. The molecular weight excluding hydrogens is 266 g/mol. The molecule has 0 aliphatic heterocycles. The molecule has 112 valence electrons. The van der Waals surface area contributed by atoms with Gasteiger partial charge in [0.1, 0.15) is 5.75 Å². The van der Waals surface area contributed by atoms with Crippen molar-refractivity contribution in [3.8, 4) is 0 Å². The Labute approximate surface area is 115 Å². The molecule has 6 nitrogen and oxygen atoms in total. The number of likely N-dealkylation sites (N-methyl/N-ethyl adjacent to an activating group) is 1. The van der Waals surface area contributed by atoms with Crippen LogP contribution in [0.1, 0.15) is 32.6 Å². The molecule has 0 spiro atoms. The zero-order chi connectivity index (χ0) is 14.3. The molecule has 0 atom stereocenters. The van der Waals surface area contributed by atoms with Gasteiger partial charge < -0.3 is 10.6 Å². The lowest BCUT2D eigenvalue weighted by molar-refractivity contribution is -0.118. The predicted octanol–water partition coefficient (Wildman–Crippen LogP) is -0.180. The molecule has 0 saturated heterocycles. The van der Waals surface area contributed by atoms with E-state index in [1.165, 1.54) is 0 Å². The van der Waals surface area contributed by atoms with E-state index in [1.807, 2.05) is 0 Å².